The van der Waals surface area contributed by atoms with Crippen LogP contribution in [-0.4, -0.2) is 27.4 Å². The highest BCUT2D eigenvalue weighted by Gasteiger charge is 2.17. The fourth-order valence-electron chi connectivity index (χ4n) is 2.45. The Morgan fingerprint density at radius 2 is 1.96 bits per heavy atom. The van der Waals surface area contributed by atoms with Crippen LogP contribution < -0.4 is 11.1 Å². The highest BCUT2D eigenvalue weighted by molar-refractivity contribution is 5.96. The zero-order valence-corrected chi connectivity index (χ0v) is 13.4. The first-order chi connectivity index (χ1) is 11.6. The zero-order valence-electron chi connectivity index (χ0n) is 13.4. The number of hydrogen-bond acceptors (Lipinski definition) is 4. The topological polar surface area (TPSA) is 85.8 Å². The van der Waals surface area contributed by atoms with Crippen LogP contribution in [0.3, 0.4) is 0 Å². The van der Waals surface area contributed by atoms with Crippen molar-refractivity contribution < 1.29 is 4.79 Å². The smallest absolute Gasteiger partial charge is 0.275 e. The average Bonchev–Trinajstić information content (AvgIpc) is 2.97. The fourth-order valence-corrected chi connectivity index (χ4v) is 2.45. The molecule has 0 aliphatic heterocycles. The molecule has 0 fully saturated rings. The summed E-state index contributed by atoms with van der Waals surface area (Å²) in [6, 6.07) is 17.6. The number of anilines is 1. The highest BCUT2D eigenvalue weighted by atomic mass is 16.2. The molecule has 122 valence electrons. The summed E-state index contributed by atoms with van der Waals surface area (Å²) in [4.78, 5) is 12.3. The van der Waals surface area contributed by atoms with Gasteiger partial charge in [-0.3, -0.25) is 4.79 Å². The van der Waals surface area contributed by atoms with Gasteiger partial charge >= 0.3 is 0 Å². The Balaban J connectivity index is 1.68. The molecular weight excluding hydrogens is 302 g/mol. The summed E-state index contributed by atoms with van der Waals surface area (Å²) in [7, 11) is 0. The summed E-state index contributed by atoms with van der Waals surface area (Å²) in [5, 5.41) is 10.7. The minimum atomic E-state index is -0.317. The number of carbonyl (C=O) groups excluding carboxylic acids is 1. The molecule has 24 heavy (non-hydrogen) atoms. The first kappa shape index (κ1) is 15.7. The van der Waals surface area contributed by atoms with E-state index in [1.165, 1.54) is 4.68 Å². The van der Waals surface area contributed by atoms with Crippen molar-refractivity contribution in [2.45, 2.75) is 13.3 Å². The molecule has 2 aromatic carbocycles. The molecule has 1 aromatic heterocycles. The number of benzene rings is 2. The van der Waals surface area contributed by atoms with Crippen molar-refractivity contribution in [1.82, 2.24) is 20.3 Å². The lowest BCUT2D eigenvalue weighted by atomic mass is 10.1. The maximum Gasteiger partial charge on any atom is 0.275 e. The Morgan fingerprint density at radius 3 is 2.71 bits per heavy atom. The van der Waals surface area contributed by atoms with Crippen LogP contribution in [0.25, 0.3) is 5.69 Å². The number of aryl methyl sites for hydroxylation is 1. The quantitative estimate of drug-likeness (QED) is 0.754. The van der Waals surface area contributed by atoms with Crippen molar-refractivity contribution in [3.63, 3.8) is 0 Å². The van der Waals surface area contributed by atoms with Crippen molar-refractivity contribution in [3.8, 4) is 5.69 Å². The summed E-state index contributed by atoms with van der Waals surface area (Å²) in [5.41, 5.74) is 9.21. The standard InChI is InChI=1S/C18H19N5O/c1-13-6-5-9-15(12-13)23-17(19)16(21-22-23)18(24)20-11-10-14-7-3-2-4-8-14/h2-9,12H,10-11,19H2,1H3,(H,20,24). The number of nitrogen functional groups attached to an aromatic ring is 1. The average molecular weight is 321 g/mol. The van der Waals surface area contributed by atoms with Gasteiger partial charge in [0.25, 0.3) is 5.91 Å². The highest BCUT2D eigenvalue weighted by Crippen LogP contribution is 2.16. The lowest BCUT2D eigenvalue weighted by Gasteiger charge is -2.05. The fraction of sp³-hybridized carbons (Fsp3) is 0.167. The molecule has 0 spiro atoms. The van der Waals surface area contributed by atoms with Crippen molar-refractivity contribution in [2.75, 3.05) is 12.3 Å². The van der Waals surface area contributed by atoms with E-state index < -0.39 is 0 Å². The third kappa shape index (κ3) is 3.43. The van der Waals surface area contributed by atoms with Gasteiger partial charge in [-0.2, -0.15) is 4.68 Å². The summed E-state index contributed by atoms with van der Waals surface area (Å²) in [6.45, 7) is 2.49. The second-order valence-electron chi connectivity index (χ2n) is 5.57. The minimum Gasteiger partial charge on any atom is -0.382 e. The number of rotatable bonds is 5. The molecule has 1 amide bonds. The Labute approximate surface area is 140 Å². The SMILES string of the molecule is Cc1cccc(-n2nnc(C(=O)NCCc3ccccc3)c2N)c1. The van der Waals surface area contributed by atoms with Crippen LogP contribution in [0.15, 0.2) is 54.6 Å². The molecule has 1 heterocycles. The van der Waals surface area contributed by atoms with Crippen LogP contribution >= 0.6 is 0 Å². The van der Waals surface area contributed by atoms with E-state index in [1.807, 2.05) is 61.5 Å². The third-order valence-electron chi connectivity index (χ3n) is 3.71. The summed E-state index contributed by atoms with van der Waals surface area (Å²) in [6.07, 6.45) is 0.749. The van der Waals surface area contributed by atoms with Crippen LogP contribution in [0.1, 0.15) is 21.6 Å². The van der Waals surface area contributed by atoms with Gasteiger partial charge in [-0.05, 0) is 36.6 Å². The van der Waals surface area contributed by atoms with Gasteiger partial charge in [0, 0.05) is 6.54 Å². The number of hydrogen-bond donors (Lipinski definition) is 2. The van der Waals surface area contributed by atoms with Crippen molar-refractivity contribution in [2.24, 2.45) is 0 Å². The molecule has 3 rings (SSSR count). The minimum absolute atomic E-state index is 0.143. The van der Waals surface area contributed by atoms with E-state index in [0.29, 0.717) is 6.54 Å². The number of carbonyl (C=O) groups is 1. The predicted molar refractivity (Wildman–Crippen MR) is 93.0 cm³/mol. The summed E-state index contributed by atoms with van der Waals surface area (Å²) >= 11 is 0. The van der Waals surface area contributed by atoms with Gasteiger partial charge < -0.3 is 11.1 Å². The molecule has 6 nitrogen and oxygen atoms in total. The van der Waals surface area contributed by atoms with Gasteiger partial charge in [-0.1, -0.05) is 47.7 Å². The summed E-state index contributed by atoms with van der Waals surface area (Å²) < 4.78 is 1.47. The second-order valence-corrected chi connectivity index (χ2v) is 5.57. The zero-order chi connectivity index (χ0) is 16.9. The van der Waals surface area contributed by atoms with E-state index >= 15 is 0 Å². The van der Waals surface area contributed by atoms with E-state index in [0.717, 1.165) is 23.2 Å². The normalized spacial score (nSPS) is 10.5. The number of amides is 1. The van der Waals surface area contributed by atoms with Crippen LogP contribution in [-0.2, 0) is 6.42 Å². The van der Waals surface area contributed by atoms with Crippen LogP contribution in [0.4, 0.5) is 5.82 Å². The van der Waals surface area contributed by atoms with Crippen LogP contribution in [0.5, 0.6) is 0 Å². The van der Waals surface area contributed by atoms with Gasteiger partial charge in [0.2, 0.25) is 0 Å². The molecule has 6 heteroatoms. The number of nitrogens with one attached hydrogen (secondary N) is 1. The molecule has 3 N–H and O–H groups in total. The number of nitrogens with two attached hydrogens (primary N) is 1. The van der Waals surface area contributed by atoms with Gasteiger partial charge in [0.1, 0.15) is 0 Å². The van der Waals surface area contributed by atoms with Crippen molar-refractivity contribution in [1.29, 1.82) is 0 Å². The van der Waals surface area contributed by atoms with E-state index in [9.17, 15) is 4.79 Å². The molecule has 0 aliphatic carbocycles. The molecule has 0 saturated carbocycles. The molecular formula is C18H19N5O. The Hall–Kier alpha value is -3.15. The monoisotopic (exact) mass is 321 g/mol. The Kier molecular flexibility index (Phi) is 4.56. The molecule has 0 aliphatic rings. The first-order valence-electron chi connectivity index (χ1n) is 7.75. The summed E-state index contributed by atoms with van der Waals surface area (Å²) in [5.74, 6) is -0.0832. The van der Waals surface area contributed by atoms with E-state index in [4.69, 9.17) is 5.73 Å². The molecule has 0 unspecified atom stereocenters. The van der Waals surface area contributed by atoms with E-state index in [1.54, 1.807) is 0 Å². The third-order valence-corrected chi connectivity index (χ3v) is 3.71. The number of aromatic nitrogens is 3. The molecule has 0 atom stereocenters. The number of nitrogens with zero attached hydrogens (tertiary/aromatic N) is 3. The van der Waals surface area contributed by atoms with E-state index in [-0.39, 0.29) is 17.4 Å². The maximum absolute atomic E-state index is 12.3. The van der Waals surface area contributed by atoms with Crippen LogP contribution in [0.2, 0.25) is 0 Å². The first-order valence-corrected chi connectivity index (χ1v) is 7.75. The second kappa shape index (κ2) is 6.95. The Bertz CT molecular complexity index is 842. The van der Waals surface area contributed by atoms with E-state index in [2.05, 4.69) is 15.6 Å². The van der Waals surface area contributed by atoms with Crippen molar-refractivity contribution in [3.05, 3.63) is 71.4 Å². The molecule has 0 bridgehead atoms. The van der Waals surface area contributed by atoms with Crippen molar-refractivity contribution >= 4 is 11.7 Å². The lowest BCUT2D eigenvalue weighted by Crippen LogP contribution is -2.27. The van der Waals surface area contributed by atoms with Gasteiger partial charge in [0.15, 0.2) is 11.5 Å². The molecule has 0 saturated heterocycles. The van der Waals surface area contributed by atoms with Gasteiger partial charge in [0.05, 0.1) is 5.69 Å². The molecule has 3 aromatic rings. The van der Waals surface area contributed by atoms with Crippen LogP contribution in [0, 0.1) is 6.92 Å². The Morgan fingerprint density at radius 1 is 1.17 bits per heavy atom. The predicted octanol–water partition coefficient (Wildman–Crippen LogP) is 2.13. The van der Waals surface area contributed by atoms with Gasteiger partial charge in [-0.15, -0.1) is 5.10 Å². The van der Waals surface area contributed by atoms with Gasteiger partial charge in [-0.25, -0.2) is 0 Å². The maximum atomic E-state index is 12.3. The largest absolute Gasteiger partial charge is 0.382 e. The lowest BCUT2D eigenvalue weighted by molar-refractivity contribution is 0.0950. The molecule has 0 radical (unpaired) electrons.